The van der Waals surface area contributed by atoms with E-state index in [0.717, 1.165) is 5.56 Å². The van der Waals surface area contributed by atoms with Crippen LogP contribution in [0.4, 0.5) is 11.4 Å². The van der Waals surface area contributed by atoms with Gasteiger partial charge in [0, 0.05) is 28.1 Å². The molecule has 2 amide bonds. The van der Waals surface area contributed by atoms with E-state index < -0.39 is 18.4 Å². The van der Waals surface area contributed by atoms with E-state index >= 15 is 0 Å². The van der Waals surface area contributed by atoms with Crippen LogP contribution < -0.4 is 10.2 Å². The minimum Gasteiger partial charge on any atom is -0.322 e. The number of amides is 2. The number of hydrogen-bond donors (Lipinski definition) is 1. The average Bonchev–Trinajstić information content (AvgIpc) is 2.60. The number of fused-ring (bicyclic) bond motifs is 1. The van der Waals surface area contributed by atoms with Gasteiger partial charge in [0.25, 0.3) is 5.91 Å². The lowest BCUT2D eigenvalue weighted by atomic mass is 9.77. The molecule has 2 aromatic rings. The van der Waals surface area contributed by atoms with Gasteiger partial charge in [0.2, 0.25) is 5.91 Å². The van der Waals surface area contributed by atoms with Gasteiger partial charge in [-0.1, -0.05) is 37.6 Å². The second kappa shape index (κ2) is 7.43. The van der Waals surface area contributed by atoms with Gasteiger partial charge in [0.05, 0.1) is 5.69 Å². The topological polar surface area (TPSA) is 83.6 Å². The molecule has 0 aromatic heterocycles. The first-order chi connectivity index (χ1) is 13.4. The van der Waals surface area contributed by atoms with Crippen molar-refractivity contribution in [1.82, 2.24) is 0 Å². The molecule has 0 saturated carbocycles. The Kier molecular flexibility index (Phi) is 5.46. The summed E-state index contributed by atoms with van der Waals surface area (Å²) in [5, 5.41) is 1.84. The van der Waals surface area contributed by atoms with Crippen LogP contribution in [-0.4, -0.2) is 17.1 Å². The van der Waals surface area contributed by atoms with Gasteiger partial charge in [0.15, 0.2) is 5.28 Å². The monoisotopic (exact) mass is 432 g/mol. The number of anilines is 2. The zero-order chi connectivity index (χ0) is 21.6. The molecule has 152 valence electrons. The Balaban J connectivity index is 2.05. The summed E-state index contributed by atoms with van der Waals surface area (Å²) >= 11 is 5.95. The molecule has 0 atom stereocenters. The van der Waals surface area contributed by atoms with Crippen molar-refractivity contribution in [3.8, 4) is 0 Å². The van der Waals surface area contributed by atoms with Crippen LogP contribution in [0.5, 0.6) is 0 Å². The number of carbonyl (C=O) groups excluding carboxylic acids is 2. The lowest BCUT2D eigenvalue weighted by Crippen LogP contribution is -2.50. The maximum absolute atomic E-state index is 12.9. The summed E-state index contributed by atoms with van der Waals surface area (Å²) < 4.78 is 23.8. The molecule has 0 unspecified atom stereocenters. The van der Waals surface area contributed by atoms with Crippen molar-refractivity contribution in [2.45, 2.75) is 44.8 Å². The number of rotatable bonds is 4. The molecule has 8 heteroatoms. The molecule has 0 spiro atoms. The minimum absolute atomic E-state index is 0.195. The molecule has 1 aliphatic heterocycles. The normalized spacial score (nSPS) is 15.6. The summed E-state index contributed by atoms with van der Waals surface area (Å²) in [6, 6.07) is 11.8. The molecule has 0 saturated heterocycles. The second-order valence-electron chi connectivity index (χ2n) is 8.24. The molecule has 0 radical (unpaired) electrons. The molecule has 1 N–H and O–H groups in total. The van der Waals surface area contributed by atoms with E-state index in [4.69, 9.17) is 11.6 Å². The minimum atomic E-state index is -2.91. The maximum atomic E-state index is 12.9. The average molecular weight is 433 g/mol. The molecule has 0 bridgehead atoms. The lowest BCUT2D eigenvalue weighted by Gasteiger charge is -2.43. The smallest absolute Gasteiger partial charge is 0.322 e. The first-order valence-corrected chi connectivity index (χ1v) is 10.7. The molecule has 29 heavy (non-hydrogen) atoms. The summed E-state index contributed by atoms with van der Waals surface area (Å²) in [4.78, 5) is 26.8. The summed E-state index contributed by atoms with van der Waals surface area (Å²) in [6.45, 7) is 6.87. The highest BCUT2D eigenvalue weighted by Crippen LogP contribution is 2.47. The van der Waals surface area contributed by atoms with E-state index in [2.05, 4.69) is 5.32 Å². The summed E-state index contributed by atoms with van der Waals surface area (Å²) in [6.07, 6.45) is 0.195. The molecule has 1 aliphatic rings. The van der Waals surface area contributed by atoms with Crippen molar-refractivity contribution in [3.63, 3.8) is 0 Å². The third-order valence-electron chi connectivity index (χ3n) is 5.15. The van der Waals surface area contributed by atoms with E-state index in [-0.39, 0.29) is 18.2 Å². The standard InChI is InChI=1S/C21H22ClN2O4P/c1-20(2)12-18(25)24(21(3,4)29(27)28)17-11-15(8-9-16(17)20)23-19(26)13-6-5-7-14(22)10-13/h5-11H,12H2,1-4H3,(H,23,26). The molecule has 2 aromatic carbocycles. The van der Waals surface area contributed by atoms with Gasteiger partial charge in [-0.25, -0.2) is 9.13 Å². The van der Waals surface area contributed by atoms with Crippen LogP contribution in [0.3, 0.4) is 0 Å². The molecular weight excluding hydrogens is 411 g/mol. The zero-order valence-corrected chi connectivity index (χ0v) is 18.3. The van der Waals surface area contributed by atoms with Crippen LogP contribution in [0.25, 0.3) is 0 Å². The van der Waals surface area contributed by atoms with Crippen molar-refractivity contribution < 1.29 is 18.7 Å². The predicted molar refractivity (Wildman–Crippen MR) is 113 cm³/mol. The Labute approximate surface area is 175 Å². The van der Waals surface area contributed by atoms with E-state index in [1.54, 1.807) is 36.4 Å². The number of nitrogens with zero attached hydrogens (tertiary/aromatic N) is 1. The molecule has 1 heterocycles. The highest BCUT2D eigenvalue weighted by atomic mass is 35.5. The molecule has 3 rings (SSSR count). The number of hydrogen-bond acceptors (Lipinski definition) is 4. The molecule has 0 fully saturated rings. The van der Waals surface area contributed by atoms with Crippen LogP contribution in [0.15, 0.2) is 42.5 Å². The van der Waals surface area contributed by atoms with Gasteiger partial charge >= 0.3 is 7.68 Å². The van der Waals surface area contributed by atoms with Gasteiger partial charge in [0.1, 0.15) is 0 Å². The van der Waals surface area contributed by atoms with Crippen LogP contribution >= 0.6 is 19.3 Å². The lowest BCUT2D eigenvalue weighted by molar-refractivity contribution is -0.120. The Bertz CT molecular complexity index is 1070. The molecule has 6 nitrogen and oxygen atoms in total. The molecular formula is C21H22ClN2O4P. The zero-order valence-electron chi connectivity index (χ0n) is 16.7. The fourth-order valence-corrected chi connectivity index (χ4v) is 4.14. The van der Waals surface area contributed by atoms with E-state index in [0.29, 0.717) is 22.0 Å². The number of nitrogens with one attached hydrogen (secondary N) is 1. The second-order valence-corrected chi connectivity index (χ2v) is 10.3. The fraction of sp³-hybridized carbons (Fsp3) is 0.333. The van der Waals surface area contributed by atoms with E-state index in [9.17, 15) is 18.7 Å². The van der Waals surface area contributed by atoms with E-state index in [1.807, 2.05) is 19.9 Å². The Hall–Kier alpha value is -2.43. The van der Waals surface area contributed by atoms with Crippen molar-refractivity contribution in [2.24, 2.45) is 0 Å². The fourth-order valence-electron chi connectivity index (χ4n) is 3.57. The maximum Gasteiger partial charge on any atom is 0.341 e. The first-order valence-electron chi connectivity index (χ1n) is 9.12. The van der Waals surface area contributed by atoms with Crippen LogP contribution in [0.1, 0.15) is 50.0 Å². The quantitative estimate of drug-likeness (QED) is 0.645. The van der Waals surface area contributed by atoms with Gasteiger partial charge in [-0.2, -0.15) is 0 Å². The summed E-state index contributed by atoms with van der Waals surface area (Å²) in [5.41, 5.74) is 1.73. The van der Waals surface area contributed by atoms with Gasteiger partial charge in [-0.15, -0.1) is 0 Å². The van der Waals surface area contributed by atoms with Crippen LogP contribution in [0, 0.1) is 0 Å². The molecule has 0 aliphatic carbocycles. The van der Waals surface area contributed by atoms with Crippen LogP contribution in [0.2, 0.25) is 5.02 Å². The highest BCUT2D eigenvalue weighted by molar-refractivity contribution is 7.33. The van der Waals surface area contributed by atoms with Crippen LogP contribution in [-0.2, 0) is 19.3 Å². The number of carbonyl (C=O) groups is 2. The summed E-state index contributed by atoms with van der Waals surface area (Å²) in [7, 11) is -2.91. The SMILES string of the molecule is CC1(C)CC(=O)N(C(C)(C)P(=O)=O)c2cc(NC(=O)c3cccc(Cl)c3)ccc21. The van der Waals surface area contributed by atoms with E-state index in [1.165, 1.54) is 18.7 Å². The van der Waals surface area contributed by atoms with Gasteiger partial charge in [-0.05, 0) is 49.7 Å². The number of benzene rings is 2. The first kappa shape index (κ1) is 21.3. The predicted octanol–water partition coefficient (Wildman–Crippen LogP) is 5.52. The third-order valence-corrected chi connectivity index (χ3v) is 6.48. The Morgan fingerprint density at radius 3 is 2.48 bits per heavy atom. The third kappa shape index (κ3) is 4.00. The number of halogens is 1. The van der Waals surface area contributed by atoms with Gasteiger partial charge in [-0.3, -0.25) is 14.5 Å². The Morgan fingerprint density at radius 1 is 1.17 bits per heavy atom. The largest absolute Gasteiger partial charge is 0.341 e. The van der Waals surface area contributed by atoms with Crippen molar-refractivity contribution >= 4 is 42.5 Å². The summed E-state index contributed by atoms with van der Waals surface area (Å²) in [5.74, 6) is -0.625. The van der Waals surface area contributed by atoms with Crippen molar-refractivity contribution in [3.05, 3.63) is 58.6 Å². The highest BCUT2D eigenvalue weighted by Gasteiger charge is 2.45. The van der Waals surface area contributed by atoms with Gasteiger partial charge < -0.3 is 5.32 Å². The van der Waals surface area contributed by atoms with Crippen molar-refractivity contribution in [1.29, 1.82) is 0 Å². The van der Waals surface area contributed by atoms with Crippen molar-refractivity contribution in [2.75, 3.05) is 10.2 Å². The Morgan fingerprint density at radius 2 is 1.86 bits per heavy atom.